The van der Waals surface area contributed by atoms with E-state index in [-0.39, 0.29) is 24.0 Å². The average molecular weight is 533 g/mol. The van der Waals surface area contributed by atoms with Crippen LogP contribution in [-0.4, -0.2) is 89.4 Å². The molecule has 2 N–H and O–H groups in total. The minimum Gasteiger partial charge on any atom is -0.491 e. The quantitative estimate of drug-likeness (QED) is 0.197. The molecule has 0 saturated carbocycles. The van der Waals surface area contributed by atoms with Crippen LogP contribution in [0.15, 0.2) is 23.2 Å². The number of halogens is 1. The van der Waals surface area contributed by atoms with Crippen molar-refractivity contribution in [2.24, 2.45) is 4.99 Å². The van der Waals surface area contributed by atoms with Crippen molar-refractivity contribution in [2.45, 2.75) is 26.3 Å². The molecule has 172 valence electrons. The van der Waals surface area contributed by atoms with Gasteiger partial charge >= 0.3 is 0 Å². The summed E-state index contributed by atoms with van der Waals surface area (Å²) in [5.41, 5.74) is 2.30. The number of aryl methyl sites for hydroxylation is 1. The second-order valence-electron chi connectivity index (χ2n) is 7.66. The SMILES string of the molecule is CN=C(NCCCCN1CCN(C)CC1)NCc1ccc(C)cc1OCCOC.I. The molecule has 0 spiro atoms. The fraction of sp³-hybridized carbons (Fsp3) is 0.682. The van der Waals surface area contributed by atoms with E-state index in [1.807, 2.05) is 7.05 Å². The molecule has 0 aromatic heterocycles. The molecule has 0 bridgehead atoms. The van der Waals surface area contributed by atoms with Crippen molar-refractivity contribution in [1.29, 1.82) is 0 Å². The highest BCUT2D eigenvalue weighted by Crippen LogP contribution is 2.20. The molecule has 1 aromatic rings. The molecule has 0 radical (unpaired) electrons. The van der Waals surface area contributed by atoms with E-state index in [2.05, 4.69) is 57.6 Å². The first-order chi connectivity index (χ1) is 14.1. The Morgan fingerprint density at radius 2 is 1.87 bits per heavy atom. The van der Waals surface area contributed by atoms with Gasteiger partial charge in [-0.2, -0.15) is 0 Å². The third-order valence-corrected chi connectivity index (χ3v) is 5.23. The van der Waals surface area contributed by atoms with Crippen LogP contribution in [-0.2, 0) is 11.3 Å². The van der Waals surface area contributed by atoms with E-state index in [1.165, 1.54) is 44.7 Å². The van der Waals surface area contributed by atoms with Crippen molar-refractivity contribution in [3.63, 3.8) is 0 Å². The third-order valence-electron chi connectivity index (χ3n) is 5.23. The van der Waals surface area contributed by atoms with Gasteiger partial charge in [-0.05, 0) is 45.0 Å². The number of guanidine groups is 1. The van der Waals surface area contributed by atoms with Gasteiger partial charge < -0.3 is 29.9 Å². The second-order valence-corrected chi connectivity index (χ2v) is 7.66. The average Bonchev–Trinajstić information content (AvgIpc) is 2.72. The molecule has 7 nitrogen and oxygen atoms in total. The summed E-state index contributed by atoms with van der Waals surface area (Å²) in [5, 5.41) is 6.81. The van der Waals surface area contributed by atoms with Crippen LogP contribution < -0.4 is 15.4 Å². The lowest BCUT2D eigenvalue weighted by Crippen LogP contribution is -2.44. The minimum absolute atomic E-state index is 0. The van der Waals surface area contributed by atoms with Crippen LogP contribution in [0.25, 0.3) is 0 Å². The fourth-order valence-corrected chi connectivity index (χ4v) is 3.32. The molecule has 2 rings (SSSR count). The van der Waals surface area contributed by atoms with Crippen molar-refractivity contribution in [3.8, 4) is 5.75 Å². The predicted molar refractivity (Wildman–Crippen MR) is 135 cm³/mol. The van der Waals surface area contributed by atoms with Crippen molar-refractivity contribution in [3.05, 3.63) is 29.3 Å². The van der Waals surface area contributed by atoms with Gasteiger partial charge in [-0.25, -0.2) is 0 Å². The topological polar surface area (TPSA) is 61.4 Å². The summed E-state index contributed by atoms with van der Waals surface area (Å²) in [6.07, 6.45) is 2.35. The van der Waals surface area contributed by atoms with Crippen LogP contribution in [0, 0.1) is 6.92 Å². The molecule has 1 aromatic carbocycles. The Morgan fingerprint density at radius 1 is 1.10 bits per heavy atom. The number of piperazine rings is 1. The highest BCUT2D eigenvalue weighted by molar-refractivity contribution is 14.0. The number of rotatable bonds is 11. The molecule has 1 aliphatic rings. The first kappa shape index (κ1) is 26.9. The van der Waals surface area contributed by atoms with Gasteiger partial charge in [0.25, 0.3) is 0 Å². The van der Waals surface area contributed by atoms with Gasteiger partial charge in [0.05, 0.1) is 6.61 Å². The van der Waals surface area contributed by atoms with Crippen molar-refractivity contribution >= 4 is 29.9 Å². The third kappa shape index (κ3) is 10.3. The summed E-state index contributed by atoms with van der Waals surface area (Å²) in [5.74, 6) is 1.73. The van der Waals surface area contributed by atoms with E-state index in [4.69, 9.17) is 9.47 Å². The van der Waals surface area contributed by atoms with E-state index in [9.17, 15) is 0 Å². The summed E-state index contributed by atoms with van der Waals surface area (Å²) in [6.45, 7) is 10.7. The Balaban J connectivity index is 0.00000450. The number of hydrogen-bond donors (Lipinski definition) is 2. The predicted octanol–water partition coefficient (Wildman–Crippen LogP) is 2.33. The summed E-state index contributed by atoms with van der Waals surface area (Å²) >= 11 is 0. The number of aliphatic imine (C=N–C) groups is 1. The molecule has 1 fully saturated rings. The van der Waals surface area contributed by atoms with E-state index in [0.29, 0.717) is 19.8 Å². The number of ether oxygens (including phenoxy) is 2. The van der Waals surface area contributed by atoms with E-state index >= 15 is 0 Å². The normalized spacial score (nSPS) is 15.5. The molecular weight excluding hydrogens is 493 g/mol. The zero-order valence-corrected chi connectivity index (χ0v) is 21.4. The smallest absolute Gasteiger partial charge is 0.191 e. The van der Waals surface area contributed by atoms with E-state index in [0.717, 1.165) is 30.2 Å². The largest absolute Gasteiger partial charge is 0.491 e. The molecule has 1 aliphatic heterocycles. The number of methoxy groups -OCH3 is 1. The van der Waals surface area contributed by atoms with Gasteiger partial charge in [0, 0.05) is 59.0 Å². The van der Waals surface area contributed by atoms with Gasteiger partial charge in [-0.15, -0.1) is 24.0 Å². The summed E-state index contributed by atoms with van der Waals surface area (Å²) in [6, 6.07) is 6.28. The summed E-state index contributed by atoms with van der Waals surface area (Å²) in [4.78, 5) is 9.30. The highest BCUT2D eigenvalue weighted by Gasteiger charge is 2.12. The lowest BCUT2D eigenvalue weighted by Gasteiger charge is -2.32. The highest BCUT2D eigenvalue weighted by atomic mass is 127. The standard InChI is InChI=1S/C22H39N5O2.HI/c1-19-7-8-20(21(17-19)29-16-15-28-4)18-25-22(23-2)24-9-5-6-10-27-13-11-26(3)12-14-27;/h7-8,17H,5-6,9-16,18H2,1-4H3,(H2,23,24,25);1H. The molecule has 0 unspecified atom stereocenters. The Bertz CT molecular complexity index is 622. The zero-order valence-electron chi connectivity index (χ0n) is 19.1. The van der Waals surface area contributed by atoms with Gasteiger partial charge in [-0.1, -0.05) is 12.1 Å². The summed E-state index contributed by atoms with van der Waals surface area (Å²) in [7, 11) is 5.69. The molecule has 8 heteroatoms. The Morgan fingerprint density at radius 3 is 2.57 bits per heavy atom. The monoisotopic (exact) mass is 533 g/mol. The lowest BCUT2D eigenvalue weighted by molar-refractivity contribution is 0.145. The maximum absolute atomic E-state index is 5.87. The molecule has 0 atom stereocenters. The van der Waals surface area contributed by atoms with Crippen molar-refractivity contribution in [2.75, 3.05) is 73.7 Å². The maximum Gasteiger partial charge on any atom is 0.191 e. The Hall–Kier alpha value is -1.10. The first-order valence-corrected chi connectivity index (χ1v) is 10.7. The van der Waals surface area contributed by atoms with Crippen molar-refractivity contribution in [1.82, 2.24) is 20.4 Å². The Kier molecular flexibility index (Phi) is 14.1. The number of nitrogens with zero attached hydrogens (tertiary/aromatic N) is 3. The van der Waals surface area contributed by atoms with Crippen LogP contribution in [0.2, 0.25) is 0 Å². The first-order valence-electron chi connectivity index (χ1n) is 10.7. The summed E-state index contributed by atoms with van der Waals surface area (Å²) < 4.78 is 11.0. The van der Waals surface area contributed by atoms with Crippen molar-refractivity contribution < 1.29 is 9.47 Å². The van der Waals surface area contributed by atoms with E-state index < -0.39 is 0 Å². The van der Waals surface area contributed by atoms with Gasteiger partial charge in [0.1, 0.15) is 12.4 Å². The second kappa shape index (κ2) is 15.7. The molecule has 1 heterocycles. The number of benzene rings is 1. The van der Waals surface area contributed by atoms with Crippen LogP contribution >= 0.6 is 24.0 Å². The molecule has 0 aliphatic carbocycles. The van der Waals surface area contributed by atoms with Crippen LogP contribution in [0.4, 0.5) is 0 Å². The zero-order chi connectivity index (χ0) is 20.9. The number of hydrogen-bond acceptors (Lipinski definition) is 5. The van der Waals surface area contributed by atoms with Crippen LogP contribution in [0.5, 0.6) is 5.75 Å². The van der Waals surface area contributed by atoms with Crippen LogP contribution in [0.1, 0.15) is 24.0 Å². The number of nitrogens with one attached hydrogen (secondary N) is 2. The minimum atomic E-state index is 0. The Labute approximate surface area is 199 Å². The van der Waals surface area contributed by atoms with E-state index in [1.54, 1.807) is 7.11 Å². The molecular formula is C22H40IN5O2. The molecule has 30 heavy (non-hydrogen) atoms. The maximum atomic E-state index is 5.87. The lowest BCUT2D eigenvalue weighted by atomic mass is 10.1. The van der Waals surface area contributed by atoms with Gasteiger partial charge in [0.2, 0.25) is 0 Å². The van der Waals surface area contributed by atoms with Crippen LogP contribution in [0.3, 0.4) is 0 Å². The molecule has 0 amide bonds. The van der Waals surface area contributed by atoms with Gasteiger partial charge in [-0.3, -0.25) is 4.99 Å². The van der Waals surface area contributed by atoms with Gasteiger partial charge in [0.15, 0.2) is 5.96 Å². The fourth-order valence-electron chi connectivity index (χ4n) is 3.32. The molecule has 1 saturated heterocycles. The number of likely N-dealkylation sites (N-methyl/N-ethyl adjacent to an activating group) is 1. The number of unbranched alkanes of at least 4 members (excludes halogenated alkanes) is 1.